The lowest BCUT2D eigenvalue weighted by atomic mass is 10.1. The van der Waals surface area contributed by atoms with Crippen LogP contribution in [0, 0.1) is 12.8 Å². The molecular weight excluding hydrogens is 380 g/mol. The molecule has 2 rings (SSSR count). The molecule has 1 aromatic rings. The van der Waals surface area contributed by atoms with Crippen molar-refractivity contribution in [2.24, 2.45) is 5.92 Å². The third kappa shape index (κ3) is 4.91. The molecule has 1 atom stereocenters. The highest BCUT2D eigenvalue weighted by Crippen LogP contribution is 2.25. The van der Waals surface area contributed by atoms with E-state index in [0.717, 1.165) is 19.3 Å². The second-order valence-electron chi connectivity index (χ2n) is 7.21. The van der Waals surface area contributed by atoms with Gasteiger partial charge in [-0.15, -0.1) is 0 Å². The molecular formula is C20H30N2O5S. The molecule has 0 N–H and O–H groups in total. The molecule has 1 fully saturated rings. The van der Waals surface area contributed by atoms with Crippen LogP contribution in [0.4, 0.5) is 0 Å². The SMILES string of the molecule is CCN(CC(C)C(=O)OC)C(=O)c1ccc(C)c(S(=O)(=O)N2CCCCC2)c1. The Bertz CT molecular complexity index is 816. The molecule has 0 radical (unpaired) electrons. The van der Waals surface area contributed by atoms with Crippen LogP contribution in [-0.2, 0) is 19.6 Å². The Morgan fingerprint density at radius 2 is 1.86 bits per heavy atom. The van der Waals surface area contributed by atoms with Gasteiger partial charge >= 0.3 is 5.97 Å². The van der Waals surface area contributed by atoms with Crippen LogP contribution in [-0.4, -0.2) is 62.8 Å². The average Bonchev–Trinajstić information content (AvgIpc) is 2.71. The van der Waals surface area contributed by atoms with Gasteiger partial charge in [-0.25, -0.2) is 8.42 Å². The number of ether oxygens (including phenoxy) is 1. The molecule has 1 unspecified atom stereocenters. The van der Waals surface area contributed by atoms with Gasteiger partial charge in [-0.2, -0.15) is 4.31 Å². The van der Waals surface area contributed by atoms with Crippen LogP contribution in [0.15, 0.2) is 23.1 Å². The van der Waals surface area contributed by atoms with E-state index in [0.29, 0.717) is 30.8 Å². The monoisotopic (exact) mass is 410 g/mol. The van der Waals surface area contributed by atoms with E-state index >= 15 is 0 Å². The molecule has 8 heteroatoms. The first kappa shape index (κ1) is 22.4. The van der Waals surface area contributed by atoms with Crippen LogP contribution in [0.5, 0.6) is 0 Å². The van der Waals surface area contributed by atoms with Crippen molar-refractivity contribution in [2.75, 3.05) is 33.3 Å². The average molecular weight is 411 g/mol. The summed E-state index contributed by atoms with van der Waals surface area (Å²) in [6.07, 6.45) is 2.74. The van der Waals surface area contributed by atoms with Crippen LogP contribution in [0.2, 0.25) is 0 Å². The number of benzene rings is 1. The molecule has 1 aromatic carbocycles. The molecule has 0 spiro atoms. The Hall–Kier alpha value is -1.93. The summed E-state index contributed by atoms with van der Waals surface area (Å²) in [5, 5.41) is 0. The first-order valence-electron chi connectivity index (χ1n) is 9.70. The van der Waals surface area contributed by atoms with Crippen molar-refractivity contribution in [3.63, 3.8) is 0 Å². The second kappa shape index (κ2) is 9.52. The normalized spacial score (nSPS) is 16.4. The van der Waals surface area contributed by atoms with Crippen LogP contribution in [0.3, 0.4) is 0 Å². The fourth-order valence-electron chi connectivity index (χ4n) is 3.40. The van der Waals surface area contributed by atoms with Gasteiger partial charge in [0, 0.05) is 31.7 Å². The van der Waals surface area contributed by atoms with Gasteiger partial charge in [-0.1, -0.05) is 19.4 Å². The van der Waals surface area contributed by atoms with E-state index < -0.39 is 15.9 Å². The van der Waals surface area contributed by atoms with Crippen LogP contribution in [0.1, 0.15) is 49.0 Å². The number of carbonyl (C=O) groups is 2. The van der Waals surface area contributed by atoms with E-state index in [1.54, 1.807) is 26.0 Å². The molecule has 0 saturated carbocycles. The Morgan fingerprint density at radius 3 is 2.43 bits per heavy atom. The number of aryl methyl sites for hydroxylation is 1. The maximum atomic E-state index is 13.1. The zero-order chi connectivity index (χ0) is 20.9. The van der Waals surface area contributed by atoms with E-state index in [4.69, 9.17) is 4.74 Å². The number of hydrogen-bond acceptors (Lipinski definition) is 5. The predicted molar refractivity (Wildman–Crippen MR) is 107 cm³/mol. The summed E-state index contributed by atoms with van der Waals surface area (Å²) in [4.78, 5) is 26.3. The highest BCUT2D eigenvalue weighted by atomic mass is 32.2. The number of piperidine rings is 1. The highest BCUT2D eigenvalue weighted by molar-refractivity contribution is 7.89. The number of sulfonamides is 1. The summed E-state index contributed by atoms with van der Waals surface area (Å²) in [6.45, 7) is 6.90. The summed E-state index contributed by atoms with van der Waals surface area (Å²) in [7, 11) is -2.32. The summed E-state index contributed by atoms with van der Waals surface area (Å²) in [5.41, 5.74) is 0.924. The van der Waals surface area contributed by atoms with Gasteiger partial charge in [0.15, 0.2) is 0 Å². The Morgan fingerprint density at radius 1 is 1.21 bits per heavy atom. The van der Waals surface area contributed by atoms with E-state index in [1.165, 1.54) is 22.4 Å². The zero-order valence-electron chi connectivity index (χ0n) is 17.1. The van der Waals surface area contributed by atoms with Crippen molar-refractivity contribution in [1.82, 2.24) is 9.21 Å². The maximum Gasteiger partial charge on any atom is 0.310 e. The molecule has 1 saturated heterocycles. The standard InChI is InChI=1S/C20H30N2O5S/c1-5-21(14-16(3)20(24)27-4)19(23)17-10-9-15(2)18(13-17)28(25,26)22-11-7-6-8-12-22/h9-10,13,16H,5-8,11-12,14H2,1-4H3. The predicted octanol–water partition coefficient (Wildman–Crippen LogP) is 2.44. The Kier molecular flexibility index (Phi) is 7.60. The number of carbonyl (C=O) groups excluding carboxylic acids is 2. The van der Waals surface area contributed by atoms with Gasteiger partial charge in [-0.05, 0) is 44.4 Å². The summed E-state index contributed by atoms with van der Waals surface area (Å²) in [5.74, 6) is -1.15. The lowest BCUT2D eigenvalue weighted by Crippen LogP contribution is -2.38. The molecule has 28 heavy (non-hydrogen) atoms. The quantitative estimate of drug-likeness (QED) is 0.645. The Labute approximate surface area is 167 Å². The Balaban J connectivity index is 2.30. The first-order valence-corrected chi connectivity index (χ1v) is 11.1. The highest BCUT2D eigenvalue weighted by Gasteiger charge is 2.29. The third-order valence-electron chi connectivity index (χ3n) is 5.13. The van der Waals surface area contributed by atoms with Crippen molar-refractivity contribution in [2.45, 2.75) is 44.9 Å². The van der Waals surface area contributed by atoms with Gasteiger partial charge in [0.2, 0.25) is 10.0 Å². The van der Waals surface area contributed by atoms with Gasteiger partial charge in [0.05, 0.1) is 17.9 Å². The van der Waals surface area contributed by atoms with Crippen LogP contribution < -0.4 is 0 Å². The van der Waals surface area contributed by atoms with Crippen LogP contribution in [0.25, 0.3) is 0 Å². The van der Waals surface area contributed by atoms with Crippen molar-refractivity contribution in [3.8, 4) is 0 Å². The van der Waals surface area contributed by atoms with Gasteiger partial charge < -0.3 is 9.64 Å². The minimum atomic E-state index is -3.63. The largest absolute Gasteiger partial charge is 0.469 e. The number of esters is 1. The zero-order valence-corrected chi connectivity index (χ0v) is 17.9. The van der Waals surface area contributed by atoms with E-state index in [9.17, 15) is 18.0 Å². The minimum absolute atomic E-state index is 0.178. The molecule has 1 amide bonds. The fraction of sp³-hybridized carbons (Fsp3) is 0.600. The molecule has 0 bridgehead atoms. The number of rotatable bonds is 7. The van der Waals surface area contributed by atoms with Gasteiger partial charge in [-0.3, -0.25) is 9.59 Å². The molecule has 0 aromatic heterocycles. The van der Waals surface area contributed by atoms with Crippen molar-refractivity contribution >= 4 is 21.9 Å². The van der Waals surface area contributed by atoms with Crippen molar-refractivity contribution < 1.29 is 22.7 Å². The lowest BCUT2D eigenvalue weighted by molar-refractivity contribution is -0.145. The van der Waals surface area contributed by atoms with Gasteiger partial charge in [0.25, 0.3) is 5.91 Å². The molecule has 156 valence electrons. The van der Waals surface area contributed by atoms with Crippen molar-refractivity contribution in [1.29, 1.82) is 0 Å². The fourth-order valence-corrected chi connectivity index (χ4v) is 5.17. The topological polar surface area (TPSA) is 84.0 Å². The molecule has 7 nitrogen and oxygen atoms in total. The third-order valence-corrected chi connectivity index (χ3v) is 7.18. The smallest absolute Gasteiger partial charge is 0.310 e. The minimum Gasteiger partial charge on any atom is -0.469 e. The van der Waals surface area contributed by atoms with E-state index in [1.807, 2.05) is 6.92 Å². The summed E-state index contributed by atoms with van der Waals surface area (Å²) < 4.78 is 32.4. The number of hydrogen-bond donors (Lipinski definition) is 0. The molecule has 1 heterocycles. The summed E-state index contributed by atoms with van der Waals surface area (Å²) >= 11 is 0. The second-order valence-corrected chi connectivity index (χ2v) is 9.12. The molecule has 0 aliphatic carbocycles. The van der Waals surface area contributed by atoms with Crippen molar-refractivity contribution in [3.05, 3.63) is 29.3 Å². The number of methoxy groups -OCH3 is 1. The number of amides is 1. The van der Waals surface area contributed by atoms with Gasteiger partial charge in [0.1, 0.15) is 0 Å². The summed E-state index contributed by atoms with van der Waals surface area (Å²) in [6, 6.07) is 4.77. The lowest BCUT2D eigenvalue weighted by Gasteiger charge is -2.27. The maximum absolute atomic E-state index is 13.1. The first-order chi connectivity index (χ1) is 13.2. The van der Waals surface area contributed by atoms with E-state index in [2.05, 4.69) is 0 Å². The number of nitrogens with zero attached hydrogens (tertiary/aromatic N) is 2. The van der Waals surface area contributed by atoms with Crippen LogP contribution >= 0.6 is 0 Å². The van der Waals surface area contributed by atoms with E-state index in [-0.39, 0.29) is 23.3 Å². The molecule has 1 aliphatic heterocycles. The molecule has 1 aliphatic rings.